The quantitative estimate of drug-likeness (QED) is 0.491. The SMILES string of the molecule is Cc1ccc(-c2nc(-c3ccccc3)cn2CC(O)N2CCN(c3ccccn3)CC2)cc1. The highest BCUT2D eigenvalue weighted by Gasteiger charge is 2.24. The Hall–Kier alpha value is -3.48. The van der Waals surface area contributed by atoms with Gasteiger partial charge in [0.1, 0.15) is 17.9 Å². The number of aliphatic hydroxyl groups is 1. The van der Waals surface area contributed by atoms with Gasteiger partial charge in [0.25, 0.3) is 0 Å². The molecule has 2 aromatic heterocycles. The van der Waals surface area contributed by atoms with E-state index in [1.165, 1.54) is 5.56 Å². The van der Waals surface area contributed by atoms with Crippen LogP contribution >= 0.6 is 0 Å². The first-order chi connectivity index (χ1) is 16.2. The minimum Gasteiger partial charge on any atom is -0.376 e. The number of nitrogens with zero attached hydrogens (tertiary/aromatic N) is 5. The Balaban J connectivity index is 1.35. The van der Waals surface area contributed by atoms with Crippen LogP contribution in [0.25, 0.3) is 22.6 Å². The predicted octanol–water partition coefficient (Wildman–Crippen LogP) is 4.06. The summed E-state index contributed by atoms with van der Waals surface area (Å²) in [5.41, 5.74) is 4.25. The van der Waals surface area contributed by atoms with Crippen molar-refractivity contribution < 1.29 is 5.11 Å². The van der Waals surface area contributed by atoms with E-state index >= 15 is 0 Å². The van der Waals surface area contributed by atoms with E-state index in [0.29, 0.717) is 6.54 Å². The van der Waals surface area contributed by atoms with Crippen LogP contribution in [0.15, 0.2) is 85.2 Å². The number of aliphatic hydroxyl groups excluding tert-OH is 1. The molecule has 1 aliphatic rings. The summed E-state index contributed by atoms with van der Waals surface area (Å²) in [6, 6.07) is 24.6. The summed E-state index contributed by atoms with van der Waals surface area (Å²) in [5, 5.41) is 11.1. The summed E-state index contributed by atoms with van der Waals surface area (Å²) in [7, 11) is 0. The molecule has 0 amide bonds. The summed E-state index contributed by atoms with van der Waals surface area (Å²) < 4.78 is 2.09. The normalized spacial score (nSPS) is 15.5. The van der Waals surface area contributed by atoms with Crippen LogP contribution in [0.3, 0.4) is 0 Å². The topological polar surface area (TPSA) is 57.4 Å². The third kappa shape index (κ3) is 4.82. The van der Waals surface area contributed by atoms with Crippen molar-refractivity contribution in [3.63, 3.8) is 0 Å². The summed E-state index contributed by atoms with van der Waals surface area (Å²) in [4.78, 5) is 13.8. The molecule has 33 heavy (non-hydrogen) atoms. The van der Waals surface area contributed by atoms with Gasteiger partial charge in [-0.2, -0.15) is 0 Å². The Labute approximate surface area is 194 Å². The predicted molar refractivity (Wildman–Crippen MR) is 132 cm³/mol. The molecule has 6 nitrogen and oxygen atoms in total. The van der Waals surface area contributed by atoms with Crippen LogP contribution in [-0.4, -0.2) is 56.9 Å². The fourth-order valence-electron chi connectivity index (χ4n) is 4.32. The number of rotatable bonds is 6. The Morgan fingerprint density at radius 1 is 0.848 bits per heavy atom. The van der Waals surface area contributed by atoms with Crippen molar-refractivity contribution in [1.82, 2.24) is 19.4 Å². The molecule has 0 spiro atoms. The van der Waals surface area contributed by atoms with Crippen LogP contribution in [0, 0.1) is 6.92 Å². The number of imidazole rings is 1. The van der Waals surface area contributed by atoms with E-state index in [2.05, 4.69) is 68.9 Å². The molecule has 1 saturated heterocycles. The standard InChI is InChI=1S/C27H29N5O/c1-21-10-12-23(13-11-21)27-29-24(22-7-3-2-4-8-22)19-32(27)20-26(33)31-17-15-30(16-18-31)25-9-5-6-14-28-25/h2-14,19,26,33H,15-18,20H2,1H3. The van der Waals surface area contributed by atoms with E-state index in [1.807, 2.05) is 42.6 Å². The van der Waals surface area contributed by atoms with Crippen molar-refractivity contribution in [3.05, 3.63) is 90.8 Å². The first kappa shape index (κ1) is 21.4. The van der Waals surface area contributed by atoms with Gasteiger partial charge in [0.15, 0.2) is 0 Å². The van der Waals surface area contributed by atoms with Gasteiger partial charge in [-0.25, -0.2) is 9.97 Å². The summed E-state index contributed by atoms with van der Waals surface area (Å²) in [6.07, 6.45) is 3.29. The Morgan fingerprint density at radius 2 is 1.58 bits per heavy atom. The number of piperazine rings is 1. The van der Waals surface area contributed by atoms with Gasteiger partial charge in [0.05, 0.1) is 12.2 Å². The second kappa shape index (κ2) is 9.57. The average Bonchev–Trinajstić information content (AvgIpc) is 3.29. The Bertz CT molecular complexity index is 1170. The van der Waals surface area contributed by atoms with E-state index < -0.39 is 6.23 Å². The molecule has 0 aliphatic carbocycles. The molecule has 1 fully saturated rings. The molecule has 1 N–H and O–H groups in total. The second-order valence-electron chi connectivity index (χ2n) is 8.53. The lowest BCUT2D eigenvalue weighted by molar-refractivity contribution is -0.0114. The van der Waals surface area contributed by atoms with Crippen molar-refractivity contribution in [3.8, 4) is 22.6 Å². The van der Waals surface area contributed by atoms with Crippen LogP contribution in [0.5, 0.6) is 0 Å². The van der Waals surface area contributed by atoms with E-state index in [9.17, 15) is 5.11 Å². The molecular formula is C27H29N5O. The number of hydrogen-bond donors (Lipinski definition) is 1. The molecule has 1 aliphatic heterocycles. The molecule has 168 valence electrons. The molecule has 3 heterocycles. The van der Waals surface area contributed by atoms with Gasteiger partial charge in [-0.1, -0.05) is 66.2 Å². The van der Waals surface area contributed by atoms with Crippen LogP contribution < -0.4 is 4.90 Å². The summed E-state index contributed by atoms with van der Waals surface area (Å²) in [6.45, 7) is 5.82. The molecule has 2 aromatic carbocycles. The molecule has 4 aromatic rings. The number of pyridine rings is 1. The van der Waals surface area contributed by atoms with Gasteiger partial charge >= 0.3 is 0 Å². The molecule has 0 bridgehead atoms. The number of benzene rings is 2. The van der Waals surface area contributed by atoms with Gasteiger partial charge in [-0.3, -0.25) is 4.90 Å². The van der Waals surface area contributed by atoms with Gasteiger partial charge in [-0.05, 0) is 19.1 Å². The van der Waals surface area contributed by atoms with Gasteiger partial charge < -0.3 is 14.6 Å². The highest BCUT2D eigenvalue weighted by atomic mass is 16.3. The van der Waals surface area contributed by atoms with Crippen molar-refractivity contribution in [2.45, 2.75) is 19.7 Å². The lowest BCUT2D eigenvalue weighted by Crippen LogP contribution is -2.51. The van der Waals surface area contributed by atoms with Crippen molar-refractivity contribution in [2.24, 2.45) is 0 Å². The van der Waals surface area contributed by atoms with E-state index in [1.54, 1.807) is 0 Å². The van der Waals surface area contributed by atoms with Crippen LogP contribution in [-0.2, 0) is 6.54 Å². The number of hydrogen-bond acceptors (Lipinski definition) is 5. The monoisotopic (exact) mass is 439 g/mol. The maximum atomic E-state index is 11.1. The third-order valence-corrected chi connectivity index (χ3v) is 6.22. The van der Waals surface area contributed by atoms with Crippen LogP contribution in [0.4, 0.5) is 5.82 Å². The Morgan fingerprint density at radius 3 is 2.27 bits per heavy atom. The van der Waals surface area contributed by atoms with Crippen molar-refractivity contribution >= 4 is 5.82 Å². The smallest absolute Gasteiger partial charge is 0.140 e. The van der Waals surface area contributed by atoms with E-state index in [0.717, 1.165) is 54.6 Å². The fraction of sp³-hybridized carbons (Fsp3) is 0.259. The average molecular weight is 440 g/mol. The lowest BCUT2D eigenvalue weighted by atomic mass is 10.1. The van der Waals surface area contributed by atoms with E-state index in [4.69, 9.17) is 4.98 Å². The first-order valence-electron chi connectivity index (χ1n) is 11.4. The maximum Gasteiger partial charge on any atom is 0.140 e. The van der Waals surface area contributed by atoms with Crippen molar-refractivity contribution in [2.75, 3.05) is 31.1 Å². The fourth-order valence-corrected chi connectivity index (χ4v) is 4.32. The summed E-state index contributed by atoms with van der Waals surface area (Å²) in [5.74, 6) is 1.87. The zero-order valence-electron chi connectivity index (χ0n) is 18.9. The first-order valence-corrected chi connectivity index (χ1v) is 11.4. The zero-order valence-corrected chi connectivity index (χ0v) is 18.9. The Kier molecular flexibility index (Phi) is 6.19. The van der Waals surface area contributed by atoms with Gasteiger partial charge in [0.2, 0.25) is 0 Å². The molecule has 1 atom stereocenters. The minimum atomic E-state index is -0.585. The minimum absolute atomic E-state index is 0.465. The van der Waals surface area contributed by atoms with Gasteiger partial charge in [0, 0.05) is 49.7 Å². The second-order valence-corrected chi connectivity index (χ2v) is 8.53. The molecular weight excluding hydrogens is 410 g/mol. The zero-order chi connectivity index (χ0) is 22.6. The molecule has 0 radical (unpaired) electrons. The van der Waals surface area contributed by atoms with Gasteiger partial charge in [-0.15, -0.1) is 0 Å². The largest absolute Gasteiger partial charge is 0.376 e. The lowest BCUT2D eigenvalue weighted by Gasteiger charge is -2.37. The van der Waals surface area contributed by atoms with Crippen LogP contribution in [0.1, 0.15) is 5.56 Å². The van der Waals surface area contributed by atoms with Crippen molar-refractivity contribution in [1.29, 1.82) is 0 Å². The van der Waals surface area contributed by atoms with Crippen LogP contribution in [0.2, 0.25) is 0 Å². The molecule has 1 unspecified atom stereocenters. The highest BCUT2D eigenvalue weighted by Crippen LogP contribution is 2.26. The molecule has 5 rings (SSSR count). The summed E-state index contributed by atoms with van der Waals surface area (Å²) >= 11 is 0. The number of aryl methyl sites for hydroxylation is 1. The molecule has 6 heteroatoms. The highest BCUT2D eigenvalue weighted by molar-refractivity contribution is 5.65. The third-order valence-electron chi connectivity index (χ3n) is 6.22. The number of anilines is 1. The maximum absolute atomic E-state index is 11.1. The molecule has 0 saturated carbocycles. The number of aromatic nitrogens is 3. The van der Waals surface area contributed by atoms with E-state index in [-0.39, 0.29) is 0 Å².